The Morgan fingerprint density at radius 1 is 1.00 bits per heavy atom. The maximum absolute atomic E-state index is 13.7. The summed E-state index contributed by atoms with van der Waals surface area (Å²) in [6.45, 7) is 5.99. The lowest BCUT2D eigenvalue weighted by atomic mass is 10.1. The van der Waals surface area contributed by atoms with E-state index in [4.69, 9.17) is 4.74 Å². The van der Waals surface area contributed by atoms with Crippen LogP contribution in [0.3, 0.4) is 0 Å². The van der Waals surface area contributed by atoms with Gasteiger partial charge in [0.05, 0.1) is 39.8 Å². The summed E-state index contributed by atoms with van der Waals surface area (Å²) in [5, 5.41) is 13.3. The molecule has 1 aromatic carbocycles. The zero-order valence-electron chi connectivity index (χ0n) is 22.0. The first-order valence-electron chi connectivity index (χ1n) is 13.3. The summed E-state index contributed by atoms with van der Waals surface area (Å²) in [5.41, 5.74) is 5.21. The molecule has 1 unspecified atom stereocenters. The Labute approximate surface area is 234 Å². The Bertz CT molecular complexity index is 1440. The van der Waals surface area contributed by atoms with Crippen molar-refractivity contribution in [1.29, 1.82) is 0 Å². The molecule has 4 amide bonds. The molecule has 13 heteroatoms. The van der Waals surface area contributed by atoms with Crippen molar-refractivity contribution >= 4 is 46.3 Å². The number of Topliss-reactive ketones (excluding diaryl/α,β-unsaturated/α-hetero) is 1. The number of ether oxygens (including phenoxy) is 1. The molecule has 0 spiro atoms. The van der Waals surface area contributed by atoms with Crippen LogP contribution in [0.15, 0.2) is 46.1 Å². The van der Waals surface area contributed by atoms with E-state index in [9.17, 15) is 19.2 Å². The van der Waals surface area contributed by atoms with Crippen molar-refractivity contribution in [1.82, 2.24) is 20.2 Å². The Hall–Kier alpha value is -3.94. The molecule has 1 aliphatic carbocycles. The molecule has 2 aromatic rings. The number of thiophene rings is 1. The van der Waals surface area contributed by atoms with Gasteiger partial charge in [-0.05, 0) is 30.2 Å². The SMILES string of the molecule is CC(=O)N1CCCN(C(=O)c2ccc(C3=C4C(=O)c5c(NC(=O)NN6CCOCC6)cccc5C4N=N3)s2)CC1. The minimum absolute atomic E-state index is 0.0144. The number of benzene rings is 1. The number of amides is 4. The summed E-state index contributed by atoms with van der Waals surface area (Å²) in [7, 11) is 0. The third-order valence-corrected chi connectivity index (χ3v) is 8.54. The van der Waals surface area contributed by atoms with E-state index in [-0.39, 0.29) is 17.6 Å². The molecule has 0 bridgehead atoms. The van der Waals surface area contributed by atoms with Gasteiger partial charge in [-0.15, -0.1) is 11.3 Å². The van der Waals surface area contributed by atoms with E-state index in [0.717, 1.165) is 6.42 Å². The van der Waals surface area contributed by atoms with Crippen LogP contribution in [0.4, 0.5) is 10.5 Å². The Morgan fingerprint density at radius 2 is 1.77 bits per heavy atom. The highest BCUT2D eigenvalue weighted by Crippen LogP contribution is 2.49. The Morgan fingerprint density at radius 3 is 2.58 bits per heavy atom. The van der Waals surface area contributed by atoms with Gasteiger partial charge in [-0.25, -0.2) is 9.80 Å². The molecule has 2 saturated heterocycles. The lowest BCUT2D eigenvalue weighted by Crippen LogP contribution is -2.49. The van der Waals surface area contributed by atoms with Crippen molar-refractivity contribution < 1.29 is 23.9 Å². The number of hydrogen-bond acceptors (Lipinski definition) is 9. The molecule has 4 aliphatic rings. The molecule has 1 atom stereocenters. The second-order valence-corrected chi connectivity index (χ2v) is 11.0. The fourth-order valence-corrected chi connectivity index (χ4v) is 6.39. The fraction of sp³-hybridized carbons (Fsp3) is 0.407. The average molecular weight is 564 g/mol. The van der Waals surface area contributed by atoms with Crippen LogP contribution in [0.5, 0.6) is 0 Å². The first-order valence-corrected chi connectivity index (χ1v) is 14.1. The Balaban J connectivity index is 1.20. The van der Waals surface area contributed by atoms with Crippen molar-refractivity contribution in [2.45, 2.75) is 19.4 Å². The molecule has 6 rings (SSSR count). The molecule has 4 heterocycles. The van der Waals surface area contributed by atoms with E-state index >= 15 is 0 Å². The quantitative estimate of drug-likeness (QED) is 0.587. The third-order valence-electron chi connectivity index (χ3n) is 7.46. The number of hydrogen-bond donors (Lipinski definition) is 2. The number of nitrogens with one attached hydrogen (secondary N) is 2. The van der Waals surface area contributed by atoms with E-state index in [1.54, 1.807) is 46.0 Å². The standard InChI is InChI=1S/C27H29N7O5S/c1-16(35)32-8-3-9-33(11-10-32)26(37)20-7-6-19(40-20)24-22-23(29-30-24)17-4-2-5-18(21(17)25(22)36)28-27(38)31-34-12-14-39-15-13-34/h2,4-7,23H,3,8-15H2,1H3,(H2,28,31,38). The number of urea groups is 1. The fourth-order valence-electron chi connectivity index (χ4n) is 5.42. The lowest BCUT2D eigenvalue weighted by molar-refractivity contribution is -0.128. The zero-order chi connectivity index (χ0) is 27.8. The summed E-state index contributed by atoms with van der Waals surface area (Å²) in [6, 6.07) is 7.87. The number of hydrazine groups is 1. The number of morpholine rings is 1. The number of ketones is 1. The molecule has 208 valence electrons. The van der Waals surface area contributed by atoms with Gasteiger partial charge in [-0.2, -0.15) is 10.2 Å². The summed E-state index contributed by atoms with van der Waals surface area (Å²) in [6.07, 6.45) is 0.725. The zero-order valence-corrected chi connectivity index (χ0v) is 22.8. The molecule has 2 N–H and O–H groups in total. The van der Waals surface area contributed by atoms with Crippen LogP contribution in [0.25, 0.3) is 5.70 Å². The number of carbonyl (C=O) groups is 4. The molecule has 3 aliphatic heterocycles. The van der Waals surface area contributed by atoms with Crippen molar-refractivity contribution in [3.63, 3.8) is 0 Å². The van der Waals surface area contributed by atoms with Crippen LogP contribution in [-0.4, -0.2) is 90.9 Å². The monoisotopic (exact) mass is 563 g/mol. The number of azo groups is 1. The van der Waals surface area contributed by atoms with E-state index < -0.39 is 12.1 Å². The highest BCUT2D eigenvalue weighted by atomic mass is 32.1. The van der Waals surface area contributed by atoms with E-state index in [0.29, 0.717) is 90.3 Å². The predicted octanol–water partition coefficient (Wildman–Crippen LogP) is 2.93. The number of rotatable bonds is 4. The smallest absolute Gasteiger partial charge is 0.333 e. The lowest BCUT2D eigenvalue weighted by Gasteiger charge is -2.27. The summed E-state index contributed by atoms with van der Waals surface area (Å²) >= 11 is 1.28. The van der Waals surface area contributed by atoms with Gasteiger partial charge in [-0.3, -0.25) is 19.8 Å². The first-order chi connectivity index (χ1) is 19.4. The highest BCUT2D eigenvalue weighted by molar-refractivity contribution is 7.15. The molecule has 12 nitrogen and oxygen atoms in total. The van der Waals surface area contributed by atoms with E-state index in [1.165, 1.54) is 11.3 Å². The van der Waals surface area contributed by atoms with Crippen molar-refractivity contribution in [3.8, 4) is 0 Å². The second-order valence-electron chi connectivity index (χ2n) is 9.96. The molecule has 2 fully saturated rings. The summed E-state index contributed by atoms with van der Waals surface area (Å²) < 4.78 is 5.31. The highest BCUT2D eigenvalue weighted by Gasteiger charge is 2.42. The Kier molecular flexibility index (Phi) is 7.17. The van der Waals surface area contributed by atoms with Gasteiger partial charge in [0.25, 0.3) is 5.91 Å². The van der Waals surface area contributed by atoms with Crippen LogP contribution in [0.2, 0.25) is 0 Å². The summed E-state index contributed by atoms with van der Waals surface area (Å²) in [4.78, 5) is 56.1. The topological polar surface area (TPSA) is 136 Å². The average Bonchev–Trinajstić information content (AvgIpc) is 3.61. The van der Waals surface area contributed by atoms with Gasteiger partial charge in [0.2, 0.25) is 5.91 Å². The van der Waals surface area contributed by atoms with E-state index in [2.05, 4.69) is 21.0 Å². The molecule has 1 aromatic heterocycles. The van der Waals surface area contributed by atoms with Gasteiger partial charge < -0.3 is 19.9 Å². The van der Waals surface area contributed by atoms with Gasteiger partial charge in [0.15, 0.2) is 5.78 Å². The third kappa shape index (κ3) is 4.91. The minimum atomic E-state index is -0.550. The predicted molar refractivity (Wildman–Crippen MR) is 147 cm³/mol. The number of nitrogens with zero attached hydrogens (tertiary/aromatic N) is 5. The van der Waals surface area contributed by atoms with Gasteiger partial charge in [0, 0.05) is 46.2 Å². The molecular formula is C27H29N7O5S. The number of carbonyl (C=O) groups excluding carboxylic acids is 4. The van der Waals surface area contributed by atoms with Gasteiger partial charge in [0.1, 0.15) is 11.7 Å². The number of anilines is 1. The molecule has 40 heavy (non-hydrogen) atoms. The van der Waals surface area contributed by atoms with Crippen molar-refractivity contribution in [3.05, 3.63) is 56.8 Å². The summed E-state index contributed by atoms with van der Waals surface area (Å²) in [5.74, 6) is -0.321. The first kappa shape index (κ1) is 26.3. The van der Waals surface area contributed by atoms with Crippen LogP contribution in [0, 0.1) is 0 Å². The molecular weight excluding hydrogens is 534 g/mol. The van der Waals surface area contributed by atoms with Gasteiger partial charge >= 0.3 is 6.03 Å². The molecule has 0 radical (unpaired) electrons. The van der Waals surface area contributed by atoms with Crippen LogP contribution in [0.1, 0.15) is 49.9 Å². The second kappa shape index (κ2) is 10.9. The van der Waals surface area contributed by atoms with Crippen LogP contribution in [-0.2, 0) is 9.53 Å². The molecule has 0 saturated carbocycles. The maximum atomic E-state index is 13.7. The minimum Gasteiger partial charge on any atom is -0.379 e. The largest absolute Gasteiger partial charge is 0.379 e. The van der Waals surface area contributed by atoms with Crippen molar-refractivity contribution in [2.75, 3.05) is 57.8 Å². The van der Waals surface area contributed by atoms with Crippen LogP contribution >= 0.6 is 11.3 Å². The number of fused-ring (bicyclic) bond motifs is 3. The van der Waals surface area contributed by atoms with Gasteiger partial charge in [-0.1, -0.05) is 12.1 Å². The van der Waals surface area contributed by atoms with Crippen LogP contribution < -0.4 is 10.7 Å². The van der Waals surface area contributed by atoms with Crippen molar-refractivity contribution in [2.24, 2.45) is 10.2 Å². The van der Waals surface area contributed by atoms with E-state index in [1.807, 2.05) is 6.07 Å². The maximum Gasteiger partial charge on any atom is 0.333 e. The normalized spacial score (nSPS) is 20.8.